The van der Waals surface area contributed by atoms with Crippen LogP contribution in [-0.2, 0) is 22.3 Å². The Labute approximate surface area is 138 Å². The Bertz CT molecular complexity index is 855. The van der Waals surface area contributed by atoms with E-state index in [0.717, 1.165) is 33.6 Å². The number of para-hydroxylation sites is 1. The Morgan fingerprint density at radius 1 is 1.22 bits per heavy atom. The van der Waals surface area contributed by atoms with Crippen LogP contribution in [0.4, 0.5) is 0 Å². The van der Waals surface area contributed by atoms with Gasteiger partial charge in [0.05, 0.1) is 17.0 Å². The smallest absolute Gasteiger partial charge is 0.181 e. The highest BCUT2D eigenvalue weighted by molar-refractivity contribution is 7.83. The van der Waals surface area contributed by atoms with E-state index in [9.17, 15) is 4.21 Å². The average Bonchev–Trinajstić information content (AvgIpc) is 2.95. The van der Waals surface area contributed by atoms with Gasteiger partial charge in [0.2, 0.25) is 0 Å². The van der Waals surface area contributed by atoms with Crippen molar-refractivity contribution in [2.75, 3.05) is 0 Å². The minimum atomic E-state index is -1.04. The third kappa shape index (κ3) is 3.50. The zero-order valence-corrected chi connectivity index (χ0v) is 14.4. The fourth-order valence-corrected chi connectivity index (χ4v) is 3.96. The molecule has 0 bridgehead atoms. The lowest BCUT2D eigenvalue weighted by Crippen LogP contribution is -2.04. The minimum Gasteiger partial charge on any atom is -0.448 e. The number of rotatable bonds is 5. The monoisotopic (exact) mass is 328 g/mol. The first-order valence-electron chi connectivity index (χ1n) is 7.67. The van der Waals surface area contributed by atoms with Crippen molar-refractivity contribution >= 4 is 21.7 Å². The van der Waals surface area contributed by atoms with Gasteiger partial charge in [0.25, 0.3) is 0 Å². The molecule has 0 amide bonds. The molecule has 0 aliphatic carbocycles. The van der Waals surface area contributed by atoms with E-state index in [2.05, 4.69) is 9.97 Å². The van der Waals surface area contributed by atoms with Crippen molar-refractivity contribution in [3.05, 3.63) is 59.4 Å². The summed E-state index contributed by atoms with van der Waals surface area (Å²) in [6.07, 6.45) is 1.44. The van der Waals surface area contributed by atoms with E-state index in [-0.39, 0.29) is 5.92 Å². The van der Waals surface area contributed by atoms with Crippen LogP contribution < -0.4 is 0 Å². The summed E-state index contributed by atoms with van der Waals surface area (Å²) in [4.78, 5) is 8.76. The lowest BCUT2D eigenvalue weighted by Gasteiger charge is -2.08. The number of fused-ring (bicyclic) bond motifs is 1. The van der Waals surface area contributed by atoms with Crippen molar-refractivity contribution in [2.45, 2.75) is 38.2 Å². The van der Waals surface area contributed by atoms with Gasteiger partial charge in [-0.1, -0.05) is 32.0 Å². The molecule has 1 aromatic carbocycles. The van der Waals surface area contributed by atoms with Crippen LogP contribution >= 0.6 is 0 Å². The molecule has 0 fully saturated rings. The first-order chi connectivity index (χ1) is 11.0. The number of benzene rings is 1. The van der Waals surface area contributed by atoms with Gasteiger partial charge >= 0.3 is 0 Å². The summed E-state index contributed by atoms with van der Waals surface area (Å²) < 4.78 is 18.0. The van der Waals surface area contributed by atoms with Crippen molar-refractivity contribution in [1.82, 2.24) is 9.97 Å². The largest absolute Gasteiger partial charge is 0.448 e. The van der Waals surface area contributed by atoms with Crippen molar-refractivity contribution in [2.24, 2.45) is 0 Å². The van der Waals surface area contributed by atoms with Gasteiger partial charge in [-0.05, 0) is 24.6 Å². The highest BCUT2D eigenvalue weighted by atomic mass is 32.2. The summed E-state index contributed by atoms with van der Waals surface area (Å²) in [6, 6.07) is 10.00. The van der Waals surface area contributed by atoms with Gasteiger partial charge in [-0.15, -0.1) is 0 Å². The van der Waals surface area contributed by atoms with E-state index in [0.29, 0.717) is 11.5 Å². The third-order valence-corrected chi connectivity index (χ3v) is 4.97. The second kappa shape index (κ2) is 6.62. The molecule has 3 rings (SSSR count). The predicted molar refractivity (Wildman–Crippen MR) is 92.6 cm³/mol. The van der Waals surface area contributed by atoms with E-state index < -0.39 is 10.8 Å². The molecule has 0 saturated heterocycles. The van der Waals surface area contributed by atoms with Crippen LogP contribution in [0.2, 0.25) is 0 Å². The van der Waals surface area contributed by atoms with Gasteiger partial charge < -0.3 is 4.42 Å². The topological polar surface area (TPSA) is 56.0 Å². The fraction of sp³-hybridized carbons (Fsp3) is 0.333. The molecule has 5 heteroatoms. The molecular weight excluding hydrogens is 308 g/mol. The molecular formula is C18H20N2O2S. The molecule has 0 aliphatic rings. The summed E-state index contributed by atoms with van der Waals surface area (Å²) in [5, 5.41) is 1.07. The van der Waals surface area contributed by atoms with Crippen LogP contribution in [0.3, 0.4) is 0 Å². The van der Waals surface area contributed by atoms with Gasteiger partial charge in [-0.3, -0.25) is 9.19 Å². The van der Waals surface area contributed by atoms with Crippen molar-refractivity contribution in [3.8, 4) is 0 Å². The Kier molecular flexibility index (Phi) is 4.57. The fourth-order valence-electron chi connectivity index (χ4n) is 2.75. The predicted octanol–water partition coefficient (Wildman–Crippen LogP) is 4.10. The SMILES string of the molecule is Cc1cc(C[S@](=O)Cc2ncoc2C(C)C)c2ccccc2n1. The maximum atomic E-state index is 12.6. The van der Waals surface area contributed by atoms with Crippen LogP contribution in [0.1, 0.15) is 42.5 Å². The number of aromatic nitrogens is 2. The number of aryl methyl sites for hydroxylation is 1. The van der Waals surface area contributed by atoms with Gasteiger partial charge in [0.1, 0.15) is 5.76 Å². The first kappa shape index (κ1) is 15.9. The van der Waals surface area contributed by atoms with E-state index in [1.807, 2.05) is 51.1 Å². The lowest BCUT2D eigenvalue weighted by molar-refractivity contribution is 0.480. The Morgan fingerprint density at radius 3 is 2.78 bits per heavy atom. The second-order valence-electron chi connectivity index (χ2n) is 5.99. The van der Waals surface area contributed by atoms with Crippen LogP contribution in [0.25, 0.3) is 10.9 Å². The standard InChI is InChI=1S/C18H20N2O2S/c1-12(2)18-17(19-11-22-18)10-23(21)9-14-8-13(3)20-16-7-5-4-6-15(14)16/h4-8,11-12H,9-10H2,1-3H3/t23-/m0/s1. The van der Waals surface area contributed by atoms with Crippen LogP contribution in [0.5, 0.6) is 0 Å². The summed E-state index contributed by atoms with van der Waals surface area (Å²) in [5.41, 5.74) is 3.76. The molecule has 0 spiro atoms. The molecule has 0 N–H and O–H groups in total. The van der Waals surface area contributed by atoms with E-state index in [1.165, 1.54) is 6.39 Å². The molecule has 0 unspecified atom stereocenters. The van der Waals surface area contributed by atoms with Crippen molar-refractivity contribution in [3.63, 3.8) is 0 Å². The van der Waals surface area contributed by atoms with Gasteiger partial charge in [0, 0.05) is 33.6 Å². The van der Waals surface area contributed by atoms with Crippen LogP contribution in [-0.4, -0.2) is 14.2 Å². The van der Waals surface area contributed by atoms with E-state index in [4.69, 9.17) is 4.42 Å². The maximum Gasteiger partial charge on any atom is 0.181 e. The quantitative estimate of drug-likeness (QED) is 0.707. The molecule has 0 saturated carbocycles. The number of hydrogen-bond donors (Lipinski definition) is 0. The molecule has 23 heavy (non-hydrogen) atoms. The molecule has 2 aromatic heterocycles. The number of nitrogens with zero attached hydrogens (tertiary/aromatic N) is 2. The molecule has 0 radical (unpaired) electrons. The van der Waals surface area contributed by atoms with Crippen LogP contribution in [0.15, 0.2) is 41.1 Å². The maximum absolute atomic E-state index is 12.6. The lowest BCUT2D eigenvalue weighted by atomic mass is 10.1. The van der Waals surface area contributed by atoms with E-state index >= 15 is 0 Å². The Balaban J connectivity index is 1.84. The third-order valence-electron chi connectivity index (χ3n) is 3.74. The van der Waals surface area contributed by atoms with Gasteiger partial charge in [-0.2, -0.15) is 0 Å². The second-order valence-corrected chi connectivity index (χ2v) is 7.44. The summed E-state index contributed by atoms with van der Waals surface area (Å²) in [5.74, 6) is 1.98. The molecule has 0 aliphatic heterocycles. The minimum absolute atomic E-state index is 0.244. The number of pyridine rings is 1. The van der Waals surface area contributed by atoms with Crippen molar-refractivity contribution in [1.29, 1.82) is 0 Å². The summed E-state index contributed by atoms with van der Waals surface area (Å²) >= 11 is 0. The molecule has 3 aromatic rings. The Hall–Kier alpha value is -2.01. The molecule has 4 nitrogen and oxygen atoms in total. The average molecular weight is 328 g/mol. The Morgan fingerprint density at radius 2 is 2.00 bits per heavy atom. The highest BCUT2D eigenvalue weighted by Gasteiger charge is 2.16. The molecule has 120 valence electrons. The zero-order valence-electron chi connectivity index (χ0n) is 13.6. The van der Waals surface area contributed by atoms with Gasteiger partial charge in [-0.25, -0.2) is 4.98 Å². The number of hydrogen-bond acceptors (Lipinski definition) is 4. The summed E-state index contributed by atoms with van der Waals surface area (Å²) in [6.45, 7) is 6.06. The zero-order chi connectivity index (χ0) is 16.4. The van der Waals surface area contributed by atoms with Crippen LogP contribution in [0, 0.1) is 6.92 Å². The highest BCUT2D eigenvalue weighted by Crippen LogP contribution is 2.23. The molecule has 1 atom stereocenters. The normalized spacial score (nSPS) is 12.9. The molecule has 2 heterocycles. The number of oxazole rings is 1. The van der Waals surface area contributed by atoms with Crippen molar-refractivity contribution < 1.29 is 8.63 Å². The van der Waals surface area contributed by atoms with Gasteiger partial charge in [0.15, 0.2) is 6.39 Å². The van der Waals surface area contributed by atoms with E-state index in [1.54, 1.807) is 0 Å². The first-order valence-corrected chi connectivity index (χ1v) is 9.16. The summed E-state index contributed by atoms with van der Waals surface area (Å²) in [7, 11) is -1.04.